The lowest BCUT2D eigenvalue weighted by Gasteiger charge is -2.01. The molecule has 0 fully saturated rings. The highest BCUT2D eigenvalue weighted by Crippen LogP contribution is 2.17. The van der Waals surface area contributed by atoms with Gasteiger partial charge in [0, 0.05) is 12.1 Å². The van der Waals surface area contributed by atoms with Crippen LogP contribution in [0, 0.1) is 0 Å². The molecular formula is C12H16BrNO2. The zero-order valence-corrected chi connectivity index (χ0v) is 11.0. The molecule has 2 rings (SSSR count). The molecule has 0 aliphatic rings. The number of methoxy groups -OCH3 is 1. The average Bonchev–Trinajstić information content (AvgIpc) is 2.27. The fourth-order valence-electron chi connectivity index (χ4n) is 1.66. The minimum absolute atomic E-state index is 0. The maximum absolute atomic E-state index is 5.19. The Labute approximate surface area is 106 Å². The van der Waals surface area contributed by atoms with E-state index in [1.165, 1.54) is 10.9 Å². The second kappa shape index (κ2) is 6.45. The topological polar surface area (TPSA) is 44.6 Å². The smallest absolute Gasteiger partial charge is 0.212 e. The number of rotatable bonds is 2. The quantitative estimate of drug-likeness (QED) is 0.609. The molecule has 0 saturated carbocycles. The third kappa shape index (κ3) is 2.71. The molecule has 16 heavy (non-hydrogen) atoms. The number of aromatic nitrogens is 1. The fraction of sp³-hybridized carbons (Fsp3) is 0.250. The molecule has 3 nitrogen and oxygen atoms in total. The Kier molecular flexibility index (Phi) is 6.00. The van der Waals surface area contributed by atoms with Crippen molar-refractivity contribution in [1.29, 1.82) is 0 Å². The lowest BCUT2D eigenvalue weighted by molar-refractivity contribution is -0.667. The number of fused-ring (bicyclic) bond motifs is 1. The van der Waals surface area contributed by atoms with Gasteiger partial charge in [0.05, 0.1) is 12.5 Å². The summed E-state index contributed by atoms with van der Waals surface area (Å²) in [5.41, 5.74) is 1.25. The van der Waals surface area contributed by atoms with E-state index in [0.29, 0.717) is 0 Å². The second-order valence-electron chi connectivity index (χ2n) is 3.22. The minimum Gasteiger partial charge on any atom is -1.00 e. The summed E-state index contributed by atoms with van der Waals surface area (Å²) in [7, 11) is 1.69. The number of ether oxygens (including phenoxy) is 1. The maximum atomic E-state index is 5.19. The monoisotopic (exact) mass is 285 g/mol. The third-order valence-electron chi connectivity index (χ3n) is 2.43. The summed E-state index contributed by atoms with van der Waals surface area (Å²) in [5.74, 6) is 0.909. The first-order valence-electron chi connectivity index (χ1n) is 4.81. The Balaban J connectivity index is 0.00000112. The van der Waals surface area contributed by atoms with Crippen LogP contribution in [-0.4, -0.2) is 12.6 Å². The third-order valence-corrected chi connectivity index (χ3v) is 2.43. The van der Waals surface area contributed by atoms with Crippen molar-refractivity contribution in [2.75, 3.05) is 7.11 Å². The molecule has 1 heterocycles. The number of aryl methyl sites for hydroxylation is 1. The van der Waals surface area contributed by atoms with E-state index >= 15 is 0 Å². The molecule has 0 aliphatic carbocycles. The van der Waals surface area contributed by atoms with Gasteiger partial charge in [0.15, 0.2) is 6.20 Å². The first-order chi connectivity index (χ1) is 6.85. The van der Waals surface area contributed by atoms with Crippen molar-refractivity contribution < 1.29 is 31.8 Å². The molecule has 0 bridgehead atoms. The Morgan fingerprint density at radius 2 is 2.00 bits per heavy atom. The van der Waals surface area contributed by atoms with Gasteiger partial charge in [0.1, 0.15) is 12.3 Å². The largest absolute Gasteiger partial charge is 1.00 e. The van der Waals surface area contributed by atoms with Gasteiger partial charge in [0.25, 0.3) is 0 Å². The molecule has 1 aromatic carbocycles. The minimum atomic E-state index is 0. The molecule has 2 aromatic rings. The number of hydrogen-bond donors (Lipinski definition) is 0. The maximum Gasteiger partial charge on any atom is 0.212 e. The van der Waals surface area contributed by atoms with Gasteiger partial charge >= 0.3 is 0 Å². The first-order valence-corrected chi connectivity index (χ1v) is 4.81. The van der Waals surface area contributed by atoms with Crippen LogP contribution in [-0.2, 0) is 6.54 Å². The van der Waals surface area contributed by atoms with Crippen molar-refractivity contribution >= 4 is 10.9 Å². The van der Waals surface area contributed by atoms with Crippen molar-refractivity contribution in [3.63, 3.8) is 0 Å². The zero-order valence-electron chi connectivity index (χ0n) is 9.40. The van der Waals surface area contributed by atoms with Gasteiger partial charge in [-0.15, -0.1) is 0 Å². The van der Waals surface area contributed by atoms with Gasteiger partial charge in [-0.25, -0.2) is 0 Å². The molecule has 2 N–H and O–H groups in total. The van der Waals surface area contributed by atoms with Crippen LogP contribution in [0.4, 0.5) is 0 Å². The van der Waals surface area contributed by atoms with Crippen molar-refractivity contribution in [3.05, 3.63) is 36.5 Å². The van der Waals surface area contributed by atoms with Crippen LogP contribution in [0.1, 0.15) is 6.92 Å². The number of hydrogen-bond acceptors (Lipinski definition) is 1. The summed E-state index contributed by atoms with van der Waals surface area (Å²) in [5, 5.41) is 1.22. The van der Waals surface area contributed by atoms with Crippen LogP contribution >= 0.6 is 0 Å². The highest BCUT2D eigenvalue weighted by atomic mass is 79.9. The van der Waals surface area contributed by atoms with E-state index in [-0.39, 0.29) is 22.5 Å². The summed E-state index contributed by atoms with van der Waals surface area (Å²) >= 11 is 0. The number of pyridine rings is 1. The van der Waals surface area contributed by atoms with E-state index in [1.807, 2.05) is 6.07 Å². The SMILES string of the molecule is CC[n+]1cccc2cc(OC)ccc21.O.[Br-]. The highest BCUT2D eigenvalue weighted by molar-refractivity contribution is 5.77. The normalized spacial score (nSPS) is 9.12. The molecule has 88 valence electrons. The highest BCUT2D eigenvalue weighted by Gasteiger charge is 2.05. The lowest BCUT2D eigenvalue weighted by atomic mass is 10.2. The van der Waals surface area contributed by atoms with Gasteiger partial charge in [-0.2, -0.15) is 4.57 Å². The van der Waals surface area contributed by atoms with Crippen LogP contribution in [0.2, 0.25) is 0 Å². The van der Waals surface area contributed by atoms with E-state index in [9.17, 15) is 0 Å². The molecule has 0 amide bonds. The van der Waals surface area contributed by atoms with Crippen molar-refractivity contribution in [3.8, 4) is 5.75 Å². The Morgan fingerprint density at radius 1 is 1.25 bits per heavy atom. The summed E-state index contributed by atoms with van der Waals surface area (Å²) < 4.78 is 7.40. The molecule has 0 atom stereocenters. The van der Waals surface area contributed by atoms with Crippen molar-refractivity contribution in [1.82, 2.24) is 0 Å². The zero-order chi connectivity index (χ0) is 9.97. The Bertz CT molecular complexity index is 460. The van der Waals surface area contributed by atoms with Crippen LogP contribution in [0.25, 0.3) is 10.9 Å². The van der Waals surface area contributed by atoms with Gasteiger partial charge in [-0.3, -0.25) is 0 Å². The average molecular weight is 286 g/mol. The Morgan fingerprint density at radius 3 is 2.62 bits per heavy atom. The van der Waals surface area contributed by atoms with E-state index < -0.39 is 0 Å². The summed E-state index contributed by atoms with van der Waals surface area (Å²) in [6.45, 7) is 3.13. The molecule has 0 aliphatic heterocycles. The predicted molar refractivity (Wildman–Crippen MR) is 60.0 cm³/mol. The molecule has 4 heteroatoms. The van der Waals surface area contributed by atoms with E-state index in [0.717, 1.165) is 12.3 Å². The van der Waals surface area contributed by atoms with Crippen LogP contribution in [0.3, 0.4) is 0 Å². The molecule has 0 radical (unpaired) electrons. The first kappa shape index (κ1) is 14.9. The number of halogens is 1. The molecule has 0 spiro atoms. The van der Waals surface area contributed by atoms with Crippen molar-refractivity contribution in [2.24, 2.45) is 0 Å². The van der Waals surface area contributed by atoms with Crippen LogP contribution < -0.4 is 26.3 Å². The van der Waals surface area contributed by atoms with E-state index in [4.69, 9.17) is 4.74 Å². The fourth-order valence-corrected chi connectivity index (χ4v) is 1.66. The number of nitrogens with zero attached hydrogens (tertiary/aromatic N) is 1. The van der Waals surface area contributed by atoms with Gasteiger partial charge in [-0.05, 0) is 25.1 Å². The second-order valence-corrected chi connectivity index (χ2v) is 3.22. The van der Waals surface area contributed by atoms with Gasteiger partial charge in [0.2, 0.25) is 5.52 Å². The summed E-state index contributed by atoms with van der Waals surface area (Å²) in [6, 6.07) is 10.3. The van der Waals surface area contributed by atoms with Crippen LogP contribution in [0.15, 0.2) is 36.5 Å². The van der Waals surface area contributed by atoms with Crippen LogP contribution in [0.5, 0.6) is 5.75 Å². The Hall–Kier alpha value is -1.13. The summed E-state index contributed by atoms with van der Waals surface area (Å²) in [6.07, 6.45) is 2.09. The van der Waals surface area contributed by atoms with Gasteiger partial charge in [-0.1, -0.05) is 0 Å². The lowest BCUT2D eigenvalue weighted by Crippen LogP contribution is -3.00. The van der Waals surface area contributed by atoms with E-state index in [1.54, 1.807) is 7.11 Å². The number of benzene rings is 1. The van der Waals surface area contributed by atoms with Gasteiger partial charge < -0.3 is 27.2 Å². The molecule has 0 saturated heterocycles. The standard InChI is InChI=1S/C12H14NO.BrH.H2O/c1-3-13-8-4-5-10-9-11(14-2)6-7-12(10)13;;/h4-9H,3H2,1-2H3;1H;1H2/q+1;;/p-1. The summed E-state index contributed by atoms with van der Waals surface area (Å²) in [4.78, 5) is 0. The molecule has 1 aromatic heterocycles. The molecular weight excluding hydrogens is 270 g/mol. The molecule has 0 unspecified atom stereocenters. The van der Waals surface area contributed by atoms with E-state index in [2.05, 4.69) is 42.0 Å². The predicted octanol–water partition coefficient (Wildman–Crippen LogP) is -1.66. The van der Waals surface area contributed by atoms with Crippen molar-refractivity contribution in [2.45, 2.75) is 13.5 Å².